The lowest BCUT2D eigenvalue weighted by Crippen LogP contribution is -2.61. The molecule has 2 fully saturated rings. The van der Waals surface area contributed by atoms with Crippen LogP contribution in [0.5, 0.6) is 0 Å². The maximum absolute atomic E-state index is 6.44. The number of hydroxylamine groups is 2. The number of hydrogen-bond acceptors (Lipinski definition) is 2. The van der Waals surface area contributed by atoms with E-state index in [9.17, 15) is 0 Å². The van der Waals surface area contributed by atoms with Crippen molar-refractivity contribution in [2.24, 2.45) is 5.92 Å². The van der Waals surface area contributed by atoms with Crippen LogP contribution < -0.4 is 0 Å². The standard InChI is InChI=1S/C16H31NO/c1-13-11-15(2,3)17(16(4,5)12-13)18-14-9-7-6-8-10-14/h13-14H,6-12H2,1-5H3. The van der Waals surface area contributed by atoms with E-state index in [1.54, 1.807) is 0 Å². The molecule has 0 aromatic carbocycles. The average Bonchev–Trinajstić information content (AvgIpc) is 2.23. The van der Waals surface area contributed by atoms with Gasteiger partial charge >= 0.3 is 0 Å². The van der Waals surface area contributed by atoms with Gasteiger partial charge in [0.05, 0.1) is 6.10 Å². The highest BCUT2D eigenvalue weighted by molar-refractivity contribution is 4.95. The molecule has 1 aliphatic heterocycles. The van der Waals surface area contributed by atoms with Crippen LogP contribution in [0.4, 0.5) is 0 Å². The first-order chi connectivity index (χ1) is 8.31. The smallest absolute Gasteiger partial charge is 0.0793 e. The molecule has 1 heterocycles. The summed E-state index contributed by atoms with van der Waals surface area (Å²) >= 11 is 0. The van der Waals surface area contributed by atoms with Crippen molar-refractivity contribution in [1.29, 1.82) is 0 Å². The molecule has 0 aromatic heterocycles. The van der Waals surface area contributed by atoms with Crippen molar-refractivity contribution in [1.82, 2.24) is 5.06 Å². The van der Waals surface area contributed by atoms with Gasteiger partial charge in [-0.1, -0.05) is 26.2 Å². The van der Waals surface area contributed by atoms with Crippen LogP contribution in [0, 0.1) is 5.92 Å². The van der Waals surface area contributed by atoms with Gasteiger partial charge in [0.15, 0.2) is 0 Å². The fourth-order valence-electron chi connectivity index (χ4n) is 4.37. The Balaban J connectivity index is 2.07. The van der Waals surface area contributed by atoms with E-state index in [4.69, 9.17) is 4.84 Å². The summed E-state index contributed by atoms with van der Waals surface area (Å²) in [6, 6.07) is 0. The minimum Gasteiger partial charge on any atom is -0.295 e. The molecule has 0 aromatic rings. The second kappa shape index (κ2) is 5.13. The number of nitrogens with zero attached hydrogens (tertiary/aromatic N) is 1. The van der Waals surface area contributed by atoms with Gasteiger partial charge in [-0.3, -0.25) is 4.84 Å². The van der Waals surface area contributed by atoms with Crippen LogP contribution >= 0.6 is 0 Å². The van der Waals surface area contributed by atoms with Crippen LogP contribution in [0.3, 0.4) is 0 Å². The van der Waals surface area contributed by atoms with E-state index in [2.05, 4.69) is 39.7 Å². The Morgan fingerprint density at radius 1 is 0.889 bits per heavy atom. The lowest BCUT2D eigenvalue weighted by Gasteiger charge is -2.54. The van der Waals surface area contributed by atoms with Crippen molar-refractivity contribution >= 4 is 0 Å². The molecule has 0 N–H and O–H groups in total. The highest BCUT2D eigenvalue weighted by Gasteiger charge is 2.46. The van der Waals surface area contributed by atoms with Crippen molar-refractivity contribution < 1.29 is 4.84 Å². The molecule has 0 bridgehead atoms. The minimum absolute atomic E-state index is 0.165. The molecule has 0 amide bonds. The molecule has 0 radical (unpaired) electrons. The normalized spacial score (nSPS) is 30.5. The summed E-state index contributed by atoms with van der Waals surface area (Å²) in [6.07, 6.45) is 9.52. The summed E-state index contributed by atoms with van der Waals surface area (Å²) in [4.78, 5) is 6.44. The van der Waals surface area contributed by atoms with Gasteiger partial charge in [-0.05, 0) is 59.3 Å². The maximum atomic E-state index is 6.44. The van der Waals surface area contributed by atoms with Gasteiger partial charge < -0.3 is 0 Å². The maximum Gasteiger partial charge on any atom is 0.0793 e. The topological polar surface area (TPSA) is 12.5 Å². The van der Waals surface area contributed by atoms with Crippen LogP contribution in [-0.2, 0) is 4.84 Å². The van der Waals surface area contributed by atoms with E-state index in [0.717, 1.165) is 5.92 Å². The predicted octanol–water partition coefficient (Wildman–Crippen LogP) is 4.54. The first kappa shape index (κ1) is 14.3. The van der Waals surface area contributed by atoms with Crippen molar-refractivity contribution in [3.8, 4) is 0 Å². The molecule has 0 spiro atoms. The molecular formula is C16H31NO. The van der Waals surface area contributed by atoms with Crippen LogP contribution in [0.1, 0.15) is 79.6 Å². The molecular weight excluding hydrogens is 222 g/mol. The molecule has 2 heteroatoms. The summed E-state index contributed by atoms with van der Waals surface area (Å²) in [5.74, 6) is 0.793. The van der Waals surface area contributed by atoms with Crippen LogP contribution in [0.25, 0.3) is 0 Å². The van der Waals surface area contributed by atoms with Gasteiger partial charge in [0.25, 0.3) is 0 Å². The average molecular weight is 253 g/mol. The molecule has 18 heavy (non-hydrogen) atoms. The quantitative estimate of drug-likeness (QED) is 0.716. The zero-order valence-corrected chi connectivity index (χ0v) is 13.0. The predicted molar refractivity (Wildman–Crippen MR) is 76.4 cm³/mol. The fraction of sp³-hybridized carbons (Fsp3) is 1.00. The third-order valence-corrected chi connectivity index (χ3v) is 4.60. The Labute approximate surface area is 113 Å². The molecule has 0 unspecified atom stereocenters. The van der Waals surface area contributed by atoms with Crippen LogP contribution in [-0.4, -0.2) is 22.2 Å². The van der Waals surface area contributed by atoms with Crippen molar-refractivity contribution in [2.75, 3.05) is 0 Å². The summed E-state index contributed by atoms with van der Waals surface area (Å²) in [7, 11) is 0. The number of piperidine rings is 1. The number of hydrogen-bond donors (Lipinski definition) is 0. The zero-order chi connectivity index (χ0) is 13.4. The van der Waals surface area contributed by atoms with Gasteiger partial charge in [0, 0.05) is 11.1 Å². The second-order valence-electron chi connectivity index (χ2n) is 7.80. The fourth-order valence-corrected chi connectivity index (χ4v) is 4.37. The van der Waals surface area contributed by atoms with Gasteiger partial charge in [-0.2, -0.15) is 5.06 Å². The molecule has 1 aliphatic carbocycles. The Kier molecular flexibility index (Phi) is 4.08. The molecule has 0 atom stereocenters. The van der Waals surface area contributed by atoms with Crippen LogP contribution in [0.15, 0.2) is 0 Å². The Morgan fingerprint density at radius 3 is 1.89 bits per heavy atom. The van der Waals surface area contributed by atoms with Gasteiger partial charge in [-0.15, -0.1) is 0 Å². The Hall–Kier alpha value is -0.0800. The molecule has 1 saturated carbocycles. The molecule has 106 valence electrons. The highest BCUT2D eigenvalue weighted by Crippen LogP contribution is 2.42. The summed E-state index contributed by atoms with van der Waals surface area (Å²) in [6.45, 7) is 11.7. The van der Waals surface area contributed by atoms with Gasteiger partial charge in [0.2, 0.25) is 0 Å². The molecule has 2 aliphatic rings. The van der Waals surface area contributed by atoms with Crippen LogP contribution in [0.2, 0.25) is 0 Å². The van der Waals surface area contributed by atoms with Crippen molar-refractivity contribution in [3.63, 3.8) is 0 Å². The van der Waals surface area contributed by atoms with Crippen molar-refractivity contribution in [3.05, 3.63) is 0 Å². The van der Waals surface area contributed by atoms with Gasteiger partial charge in [-0.25, -0.2) is 0 Å². The van der Waals surface area contributed by atoms with E-state index in [1.165, 1.54) is 44.9 Å². The molecule has 2 rings (SSSR count). The minimum atomic E-state index is 0.165. The monoisotopic (exact) mass is 253 g/mol. The molecule has 1 saturated heterocycles. The van der Waals surface area contributed by atoms with E-state index in [-0.39, 0.29) is 11.1 Å². The summed E-state index contributed by atoms with van der Waals surface area (Å²) in [5, 5.41) is 2.34. The Bertz CT molecular complexity index is 261. The summed E-state index contributed by atoms with van der Waals surface area (Å²) < 4.78 is 0. The van der Waals surface area contributed by atoms with E-state index < -0.39 is 0 Å². The lowest BCUT2D eigenvalue weighted by atomic mass is 9.76. The molecule has 2 nitrogen and oxygen atoms in total. The highest BCUT2D eigenvalue weighted by atomic mass is 16.7. The summed E-state index contributed by atoms with van der Waals surface area (Å²) in [5.41, 5.74) is 0.331. The first-order valence-electron chi connectivity index (χ1n) is 7.78. The zero-order valence-electron chi connectivity index (χ0n) is 13.0. The largest absolute Gasteiger partial charge is 0.295 e. The second-order valence-corrected chi connectivity index (χ2v) is 7.80. The third kappa shape index (κ3) is 3.08. The van der Waals surface area contributed by atoms with Crippen molar-refractivity contribution in [2.45, 2.75) is 96.7 Å². The Morgan fingerprint density at radius 2 is 1.39 bits per heavy atom. The third-order valence-electron chi connectivity index (χ3n) is 4.60. The SMILES string of the molecule is CC1CC(C)(C)N(OC2CCCCC2)C(C)(C)C1. The van der Waals surface area contributed by atoms with E-state index in [0.29, 0.717) is 6.10 Å². The van der Waals surface area contributed by atoms with E-state index >= 15 is 0 Å². The first-order valence-corrected chi connectivity index (χ1v) is 7.78. The number of rotatable bonds is 2. The van der Waals surface area contributed by atoms with Gasteiger partial charge in [0.1, 0.15) is 0 Å². The lowest BCUT2D eigenvalue weighted by molar-refractivity contribution is -0.313. The van der Waals surface area contributed by atoms with E-state index in [1.807, 2.05) is 0 Å².